The monoisotopic (exact) mass is 389 g/mol. The Bertz CT molecular complexity index is 948. The van der Waals surface area contributed by atoms with E-state index >= 15 is 0 Å². The summed E-state index contributed by atoms with van der Waals surface area (Å²) in [5, 5.41) is 13.8. The molecule has 0 bridgehead atoms. The predicted molar refractivity (Wildman–Crippen MR) is 117 cm³/mol. The summed E-state index contributed by atoms with van der Waals surface area (Å²) >= 11 is 0. The molecule has 1 aliphatic rings. The number of guanidine groups is 1. The van der Waals surface area contributed by atoms with E-state index < -0.39 is 0 Å². The highest BCUT2D eigenvalue weighted by Gasteiger charge is 2.23. The molecule has 2 heterocycles. The molecule has 1 fully saturated rings. The van der Waals surface area contributed by atoms with Gasteiger partial charge in [-0.25, -0.2) is 4.98 Å². The Balaban J connectivity index is 1.31. The number of rotatable bonds is 5. The molecule has 1 aromatic heterocycles. The third-order valence-corrected chi connectivity index (χ3v) is 5.23. The number of aryl methyl sites for hydroxylation is 1. The van der Waals surface area contributed by atoms with E-state index in [9.17, 15) is 0 Å². The topological polar surface area (TPSA) is 81.2 Å². The summed E-state index contributed by atoms with van der Waals surface area (Å²) in [7, 11) is 1.81. The first-order chi connectivity index (χ1) is 14.2. The van der Waals surface area contributed by atoms with E-state index in [1.165, 1.54) is 17.6 Å². The van der Waals surface area contributed by atoms with Crippen molar-refractivity contribution in [1.82, 2.24) is 25.8 Å². The second kappa shape index (κ2) is 8.77. The Kier molecular flexibility index (Phi) is 5.74. The Morgan fingerprint density at radius 1 is 1.24 bits per heavy atom. The zero-order chi connectivity index (χ0) is 20.1. The summed E-state index contributed by atoms with van der Waals surface area (Å²) < 4.78 is 0. The first-order valence-electron chi connectivity index (χ1n) is 9.95. The third kappa shape index (κ3) is 4.74. The van der Waals surface area contributed by atoms with E-state index in [4.69, 9.17) is 0 Å². The molecule has 0 spiro atoms. The van der Waals surface area contributed by atoms with Gasteiger partial charge in [-0.15, -0.1) is 0 Å². The summed E-state index contributed by atoms with van der Waals surface area (Å²) in [5.41, 5.74) is 4.76. The van der Waals surface area contributed by atoms with Gasteiger partial charge in [-0.3, -0.25) is 10.1 Å². The van der Waals surface area contributed by atoms with Crippen molar-refractivity contribution in [3.05, 3.63) is 66.0 Å². The molecule has 150 valence electrons. The van der Waals surface area contributed by atoms with E-state index in [2.05, 4.69) is 79.0 Å². The van der Waals surface area contributed by atoms with E-state index in [0.717, 1.165) is 42.4 Å². The molecule has 3 N–H and O–H groups in total. The number of anilines is 1. The fourth-order valence-corrected chi connectivity index (χ4v) is 3.62. The van der Waals surface area contributed by atoms with Gasteiger partial charge in [0, 0.05) is 44.0 Å². The molecule has 1 saturated heterocycles. The normalized spacial score (nSPS) is 16.8. The number of benzene rings is 2. The van der Waals surface area contributed by atoms with E-state index in [1.807, 2.05) is 19.2 Å². The van der Waals surface area contributed by atoms with Gasteiger partial charge < -0.3 is 15.5 Å². The van der Waals surface area contributed by atoms with Crippen LogP contribution in [0.2, 0.25) is 0 Å². The van der Waals surface area contributed by atoms with Crippen LogP contribution in [-0.2, 0) is 6.54 Å². The van der Waals surface area contributed by atoms with Crippen LogP contribution in [0.25, 0.3) is 11.4 Å². The number of nitrogens with zero attached hydrogens (tertiary/aromatic N) is 4. The zero-order valence-corrected chi connectivity index (χ0v) is 16.9. The zero-order valence-electron chi connectivity index (χ0n) is 16.9. The molecule has 29 heavy (non-hydrogen) atoms. The number of hydrogen-bond donors (Lipinski definition) is 3. The highest BCUT2D eigenvalue weighted by molar-refractivity contribution is 5.80. The summed E-state index contributed by atoms with van der Waals surface area (Å²) in [5.74, 6) is 1.60. The van der Waals surface area contributed by atoms with Crippen LogP contribution in [-0.4, -0.2) is 47.3 Å². The van der Waals surface area contributed by atoms with E-state index in [-0.39, 0.29) is 0 Å². The minimum absolute atomic E-state index is 0.378. The average Bonchev–Trinajstić information content (AvgIpc) is 3.44. The molecule has 1 unspecified atom stereocenters. The average molecular weight is 390 g/mol. The largest absolute Gasteiger partial charge is 0.369 e. The van der Waals surface area contributed by atoms with Gasteiger partial charge in [0.25, 0.3) is 0 Å². The summed E-state index contributed by atoms with van der Waals surface area (Å²) in [6.07, 6.45) is 2.61. The second-order valence-corrected chi connectivity index (χ2v) is 7.37. The lowest BCUT2D eigenvalue weighted by Crippen LogP contribution is -2.44. The molecule has 2 aromatic carbocycles. The van der Waals surface area contributed by atoms with Gasteiger partial charge >= 0.3 is 0 Å². The smallest absolute Gasteiger partial charge is 0.191 e. The van der Waals surface area contributed by atoms with Crippen molar-refractivity contribution < 1.29 is 0 Å². The first-order valence-corrected chi connectivity index (χ1v) is 9.95. The van der Waals surface area contributed by atoms with Gasteiger partial charge in [-0.1, -0.05) is 35.9 Å². The highest BCUT2D eigenvalue weighted by atomic mass is 15.2. The Morgan fingerprint density at radius 2 is 2.10 bits per heavy atom. The van der Waals surface area contributed by atoms with Crippen molar-refractivity contribution in [1.29, 1.82) is 0 Å². The summed E-state index contributed by atoms with van der Waals surface area (Å²) in [6, 6.07) is 17.4. The maximum absolute atomic E-state index is 4.40. The Morgan fingerprint density at radius 3 is 2.86 bits per heavy atom. The molecule has 1 aliphatic heterocycles. The lowest BCUT2D eigenvalue weighted by atomic mass is 10.1. The van der Waals surface area contributed by atoms with Crippen LogP contribution in [0.5, 0.6) is 0 Å². The molecule has 7 heteroatoms. The second-order valence-electron chi connectivity index (χ2n) is 7.37. The number of aromatic nitrogens is 3. The van der Waals surface area contributed by atoms with Crippen molar-refractivity contribution in [2.45, 2.75) is 25.9 Å². The SMILES string of the molecule is CN=C(NCc1cccc(-c2ncn[nH]2)c1)NC1CCN(c2ccc(C)cc2)C1. The van der Waals surface area contributed by atoms with Crippen molar-refractivity contribution >= 4 is 11.6 Å². The van der Waals surface area contributed by atoms with Crippen LogP contribution in [0, 0.1) is 6.92 Å². The standard InChI is InChI=1S/C22H27N7/c1-16-6-8-20(9-7-16)29-11-10-19(14-29)27-22(23-2)24-13-17-4-3-5-18(12-17)21-25-15-26-28-21/h3-9,12,15,19H,10-11,13-14H2,1-2H3,(H2,23,24,27)(H,25,26,28). The molecule has 0 aliphatic carbocycles. The van der Waals surface area contributed by atoms with Crippen molar-refractivity contribution in [2.24, 2.45) is 4.99 Å². The molecule has 0 amide bonds. The van der Waals surface area contributed by atoms with Crippen LogP contribution in [0.4, 0.5) is 5.69 Å². The fraction of sp³-hybridized carbons (Fsp3) is 0.318. The predicted octanol–water partition coefficient (Wildman–Crippen LogP) is 2.72. The Hall–Kier alpha value is -3.35. The molecule has 1 atom stereocenters. The van der Waals surface area contributed by atoms with E-state index in [1.54, 1.807) is 0 Å². The van der Waals surface area contributed by atoms with Crippen LogP contribution in [0.3, 0.4) is 0 Å². The van der Waals surface area contributed by atoms with Crippen molar-refractivity contribution in [3.8, 4) is 11.4 Å². The number of H-pyrrole nitrogens is 1. The maximum atomic E-state index is 4.40. The minimum Gasteiger partial charge on any atom is -0.369 e. The van der Waals surface area contributed by atoms with Crippen molar-refractivity contribution in [3.63, 3.8) is 0 Å². The van der Waals surface area contributed by atoms with Gasteiger partial charge in [-0.05, 0) is 37.1 Å². The van der Waals surface area contributed by atoms with Gasteiger partial charge in [0.05, 0.1) is 0 Å². The molecule has 0 radical (unpaired) electrons. The molecular weight excluding hydrogens is 362 g/mol. The summed E-state index contributed by atoms with van der Waals surface area (Å²) in [4.78, 5) is 11.0. The van der Waals surface area contributed by atoms with Gasteiger partial charge in [0.1, 0.15) is 6.33 Å². The number of aliphatic imine (C=N–C) groups is 1. The molecule has 4 rings (SSSR count). The molecule has 3 aromatic rings. The molecular formula is C22H27N7. The number of nitrogens with one attached hydrogen (secondary N) is 3. The van der Waals surface area contributed by atoms with Gasteiger partial charge in [0.15, 0.2) is 11.8 Å². The van der Waals surface area contributed by atoms with Crippen LogP contribution < -0.4 is 15.5 Å². The molecule has 0 saturated carbocycles. The lowest BCUT2D eigenvalue weighted by Gasteiger charge is -2.20. The van der Waals surface area contributed by atoms with E-state index in [0.29, 0.717) is 12.6 Å². The number of aromatic amines is 1. The van der Waals surface area contributed by atoms with Crippen LogP contribution >= 0.6 is 0 Å². The van der Waals surface area contributed by atoms with Crippen LogP contribution in [0.1, 0.15) is 17.5 Å². The van der Waals surface area contributed by atoms with Crippen molar-refractivity contribution in [2.75, 3.05) is 25.0 Å². The summed E-state index contributed by atoms with van der Waals surface area (Å²) in [6.45, 7) is 4.84. The maximum Gasteiger partial charge on any atom is 0.191 e. The fourth-order valence-electron chi connectivity index (χ4n) is 3.62. The first kappa shape index (κ1) is 19.0. The van der Waals surface area contributed by atoms with Gasteiger partial charge in [0.2, 0.25) is 0 Å². The quantitative estimate of drug-likeness (QED) is 0.462. The Labute approximate surface area is 171 Å². The molecule has 7 nitrogen and oxygen atoms in total. The van der Waals surface area contributed by atoms with Crippen LogP contribution in [0.15, 0.2) is 59.9 Å². The third-order valence-electron chi connectivity index (χ3n) is 5.23. The highest BCUT2D eigenvalue weighted by Crippen LogP contribution is 2.21. The lowest BCUT2D eigenvalue weighted by molar-refractivity contribution is 0.648. The number of hydrogen-bond acceptors (Lipinski definition) is 4. The minimum atomic E-state index is 0.378. The van der Waals surface area contributed by atoms with Gasteiger partial charge in [-0.2, -0.15) is 5.10 Å².